The molecule has 0 unspecified atom stereocenters. The van der Waals surface area contributed by atoms with Gasteiger partial charge in [-0.15, -0.1) is 11.3 Å². The molecule has 0 radical (unpaired) electrons. The molecule has 0 saturated carbocycles. The van der Waals surface area contributed by atoms with Crippen LogP contribution in [-0.2, 0) is 20.7 Å². The number of rotatable bonds is 6. The molecular formula is C17H15N3O5S. The lowest BCUT2D eigenvalue weighted by Crippen LogP contribution is -2.31. The molecule has 1 aromatic carbocycles. The van der Waals surface area contributed by atoms with E-state index in [-0.39, 0.29) is 12.0 Å². The first-order valence-electron chi connectivity index (χ1n) is 7.66. The smallest absolute Gasteiger partial charge is 0.312 e. The van der Waals surface area contributed by atoms with Crippen LogP contribution in [0.3, 0.4) is 0 Å². The molecule has 26 heavy (non-hydrogen) atoms. The molecule has 0 saturated heterocycles. The van der Waals surface area contributed by atoms with Gasteiger partial charge in [0.15, 0.2) is 11.7 Å². The number of carbonyl (C=O) groups is 3. The van der Waals surface area contributed by atoms with Crippen molar-refractivity contribution in [2.24, 2.45) is 5.73 Å². The molecule has 0 bridgehead atoms. The lowest BCUT2D eigenvalue weighted by atomic mass is 10.2. The normalized spacial score (nSPS) is 11.9. The Morgan fingerprint density at radius 1 is 1.31 bits per heavy atom. The third kappa shape index (κ3) is 3.72. The van der Waals surface area contributed by atoms with Crippen molar-refractivity contribution in [1.29, 1.82) is 0 Å². The Morgan fingerprint density at radius 2 is 2.08 bits per heavy atom. The van der Waals surface area contributed by atoms with Gasteiger partial charge >= 0.3 is 5.97 Å². The van der Waals surface area contributed by atoms with Crippen LogP contribution in [0.4, 0.5) is 5.00 Å². The maximum absolute atomic E-state index is 12.2. The van der Waals surface area contributed by atoms with E-state index in [2.05, 4.69) is 10.5 Å². The molecule has 2 amide bonds. The van der Waals surface area contributed by atoms with E-state index < -0.39 is 23.9 Å². The Hall–Kier alpha value is -3.20. The first kappa shape index (κ1) is 17.6. The summed E-state index contributed by atoms with van der Waals surface area (Å²) in [6.07, 6.45) is -1.18. The highest BCUT2D eigenvalue weighted by atomic mass is 32.1. The quantitative estimate of drug-likeness (QED) is 0.638. The maximum atomic E-state index is 12.2. The third-order valence-electron chi connectivity index (χ3n) is 3.61. The number of ether oxygens (including phenoxy) is 1. The van der Waals surface area contributed by atoms with E-state index in [0.717, 1.165) is 11.3 Å². The van der Waals surface area contributed by atoms with Crippen LogP contribution in [0.5, 0.6) is 0 Å². The number of carbonyl (C=O) groups excluding carboxylic acids is 3. The van der Waals surface area contributed by atoms with Gasteiger partial charge in [-0.05, 0) is 30.5 Å². The summed E-state index contributed by atoms with van der Waals surface area (Å²) in [5, 5.41) is 9.04. The van der Waals surface area contributed by atoms with Gasteiger partial charge in [0.25, 0.3) is 11.8 Å². The second-order valence-corrected chi connectivity index (χ2v) is 6.37. The number of thiophene rings is 1. The van der Waals surface area contributed by atoms with Crippen LogP contribution >= 0.6 is 11.3 Å². The minimum absolute atomic E-state index is 0.125. The average Bonchev–Trinajstić information content (AvgIpc) is 3.22. The Morgan fingerprint density at radius 3 is 2.85 bits per heavy atom. The molecule has 0 aliphatic rings. The number of hydrogen-bond acceptors (Lipinski definition) is 7. The zero-order valence-corrected chi connectivity index (χ0v) is 14.5. The van der Waals surface area contributed by atoms with E-state index >= 15 is 0 Å². The summed E-state index contributed by atoms with van der Waals surface area (Å²) in [4.78, 5) is 35.5. The Balaban J connectivity index is 1.61. The summed E-state index contributed by atoms with van der Waals surface area (Å²) in [7, 11) is 0. The zero-order valence-electron chi connectivity index (χ0n) is 13.7. The van der Waals surface area contributed by atoms with Crippen molar-refractivity contribution in [3.8, 4) is 0 Å². The molecule has 0 spiro atoms. The van der Waals surface area contributed by atoms with Gasteiger partial charge in [0, 0.05) is 5.39 Å². The van der Waals surface area contributed by atoms with Gasteiger partial charge in [-0.3, -0.25) is 14.4 Å². The average molecular weight is 373 g/mol. The van der Waals surface area contributed by atoms with Gasteiger partial charge in [-0.1, -0.05) is 17.3 Å². The molecule has 0 aliphatic heterocycles. The topological polar surface area (TPSA) is 125 Å². The molecule has 9 heteroatoms. The first-order valence-corrected chi connectivity index (χ1v) is 8.54. The number of nitrogens with one attached hydrogen (secondary N) is 1. The van der Waals surface area contributed by atoms with Crippen molar-refractivity contribution in [3.05, 3.63) is 47.0 Å². The van der Waals surface area contributed by atoms with E-state index in [4.69, 9.17) is 15.0 Å². The highest BCUT2D eigenvalue weighted by Crippen LogP contribution is 2.23. The third-order valence-corrected chi connectivity index (χ3v) is 4.44. The van der Waals surface area contributed by atoms with Crippen LogP contribution in [0.15, 0.2) is 40.2 Å². The van der Waals surface area contributed by atoms with Crippen LogP contribution in [0.25, 0.3) is 11.0 Å². The number of para-hydroxylation sites is 1. The predicted molar refractivity (Wildman–Crippen MR) is 94.7 cm³/mol. The van der Waals surface area contributed by atoms with Gasteiger partial charge in [0.1, 0.15) is 10.7 Å². The van der Waals surface area contributed by atoms with E-state index in [9.17, 15) is 14.4 Å². The van der Waals surface area contributed by atoms with Crippen LogP contribution in [0.1, 0.15) is 23.0 Å². The van der Waals surface area contributed by atoms with E-state index in [1.165, 1.54) is 13.0 Å². The number of benzene rings is 1. The highest BCUT2D eigenvalue weighted by molar-refractivity contribution is 7.14. The van der Waals surface area contributed by atoms with Gasteiger partial charge in [0.2, 0.25) is 0 Å². The fraction of sp³-hybridized carbons (Fsp3) is 0.176. The second kappa shape index (κ2) is 7.36. The fourth-order valence-electron chi connectivity index (χ4n) is 2.31. The number of nitrogens with two attached hydrogens (primary N) is 1. The predicted octanol–water partition coefficient (Wildman–Crippen LogP) is 2.10. The number of fused-ring (bicyclic) bond motifs is 1. The fourth-order valence-corrected chi connectivity index (χ4v) is 3.10. The molecule has 1 atom stereocenters. The van der Waals surface area contributed by atoms with E-state index in [1.807, 2.05) is 6.07 Å². The number of esters is 1. The highest BCUT2D eigenvalue weighted by Gasteiger charge is 2.22. The Bertz CT molecular complexity index is 978. The number of amides is 2. The number of hydrogen-bond donors (Lipinski definition) is 2. The number of primary amides is 1. The van der Waals surface area contributed by atoms with Crippen molar-refractivity contribution in [2.45, 2.75) is 19.4 Å². The van der Waals surface area contributed by atoms with Crippen molar-refractivity contribution < 1.29 is 23.6 Å². The lowest BCUT2D eigenvalue weighted by molar-refractivity contribution is -0.152. The van der Waals surface area contributed by atoms with Crippen LogP contribution in [0, 0.1) is 0 Å². The summed E-state index contributed by atoms with van der Waals surface area (Å²) < 4.78 is 10.3. The SMILES string of the molecule is C[C@H](OC(=O)Cc1noc2ccccc12)C(=O)Nc1sccc1C(N)=O. The number of nitrogens with zero attached hydrogens (tertiary/aromatic N) is 1. The van der Waals surface area contributed by atoms with Crippen molar-refractivity contribution in [2.75, 3.05) is 5.32 Å². The van der Waals surface area contributed by atoms with E-state index in [1.54, 1.807) is 23.6 Å². The lowest BCUT2D eigenvalue weighted by Gasteiger charge is -2.13. The zero-order chi connectivity index (χ0) is 18.7. The number of aromatic nitrogens is 1. The van der Waals surface area contributed by atoms with E-state index in [0.29, 0.717) is 21.7 Å². The van der Waals surface area contributed by atoms with Gasteiger partial charge in [-0.2, -0.15) is 0 Å². The van der Waals surface area contributed by atoms with Gasteiger partial charge in [-0.25, -0.2) is 0 Å². The summed E-state index contributed by atoms with van der Waals surface area (Å²) in [6, 6.07) is 8.64. The molecular weight excluding hydrogens is 358 g/mol. The molecule has 8 nitrogen and oxygen atoms in total. The molecule has 3 aromatic rings. The standard InChI is InChI=1S/C17H15N3O5S/c1-9(16(23)19-17-11(15(18)22)6-7-26-17)24-14(21)8-12-10-4-2-3-5-13(10)25-20-12/h2-7,9H,8H2,1H3,(H2,18,22)(H,19,23)/t9-/m0/s1. The summed E-state index contributed by atoms with van der Waals surface area (Å²) >= 11 is 1.15. The summed E-state index contributed by atoms with van der Waals surface area (Å²) in [6.45, 7) is 1.44. The number of anilines is 1. The monoisotopic (exact) mass is 373 g/mol. The maximum Gasteiger partial charge on any atom is 0.312 e. The molecule has 2 heterocycles. The minimum atomic E-state index is -1.05. The van der Waals surface area contributed by atoms with Crippen molar-refractivity contribution >= 4 is 45.1 Å². The molecule has 134 valence electrons. The molecule has 3 rings (SSSR count). The minimum Gasteiger partial charge on any atom is -0.452 e. The Kier molecular flexibility index (Phi) is 4.99. The molecule has 3 N–H and O–H groups in total. The van der Waals surface area contributed by atoms with Crippen LogP contribution < -0.4 is 11.1 Å². The molecule has 0 aliphatic carbocycles. The summed E-state index contributed by atoms with van der Waals surface area (Å²) in [5.41, 5.74) is 6.44. The first-order chi connectivity index (χ1) is 12.5. The Labute approximate surface area is 151 Å². The molecule has 0 fully saturated rings. The van der Waals surface area contributed by atoms with Crippen LogP contribution in [-0.4, -0.2) is 29.0 Å². The largest absolute Gasteiger partial charge is 0.452 e. The second-order valence-electron chi connectivity index (χ2n) is 5.45. The van der Waals surface area contributed by atoms with Gasteiger partial charge < -0.3 is 20.3 Å². The van der Waals surface area contributed by atoms with Crippen LogP contribution in [0.2, 0.25) is 0 Å². The molecule has 2 aromatic heterocycles. The summed E-state index contributed by atoms with van der Waals surface area (Å²) in [5.74, 6) is -1.83. The van der Waals surface area contributed by atoms with Crippen molar-refractivity contribution in [1.82, 2.24) is 5.16 Å². The van der Waals surface area contributed by atoms with Gasteiger partial charge in [0.05, 0.1) is 12.0 Å². The van der Waals surface area contributed by atoms with Crippen molar-refractivity contribution in [3.63, 3.8) is 0 Å².